The lowest BCUT2D eigenvalue weighted by molar-refractivity contribution is -0.122. The summed E-state index contributed by atoms with van der Waals surface area (Å²) < 4.78 is 1.95. The molecule has 0 bridgehead atoms. The van der Waals surface area contributed by atoms with Gasteiger partial charge in [0.25, 0.3) is 0 Å². The molecule has 5 nitrogen and oxygen atoms in total. The van der Waals surface area contributed by atoms with Gasteiger partial charge in [0.15, 0.2) is 0 Å². The van der Waals surface area contributed by atoms with Crippen molar-refractivity contribution in [3.63, 3.8) is 0 Å². The quantitative estimate of drug-likeness (QED) is 0.891. The Labute approximate surface area is 137 Å². The van der Waals surface area contributed by atoms with Crippen LogP contribution in [0.15, 0.2) is 24.4 Å². The number of carbonyl (C=O) groups excluding carboxylic acids is 1. The van der Waals surface area contributed by atoms with Crippen molar-refractivity contribution < 1.29 is 4.79 Å². The molecule has 0 aromatic heterocycles. The van der Waals surface area contributed by atoms with Gasteiger partial charge < -0.3 is 15.2 Å². The monoisotopic (exact) mass is 314 g/mol. The summed E-state index contributed by atoms with van der Waals surface area (Å²) in [5.74, 6) is 1.44. The smallest absolute Gasteiger partial charge is 0.240 e. The number of nitrogens with one attached hydrogen (secondary N) is 2. The average molecular weight is 314 g/mol. The van der Waals surface area contributed by atoms with Crippen molar-refractivity contribution in [3.8, 4) is 11.4 Å². The van der Waals surface area contributed by atoms with E-state index in [1.54, 1.807) is 0 Å². The maximum absolute atomic E-state index is 12.2. The van der Waals surface area contributed by atoms with Gasteiger partial charge in [-0.15, -0.1) is 0 Å². The second kappa shape index (κ2) is 7.13. The Hall–Kier alpha value is -1.88. The predicted molar refractivity (Wildman–Crippen MR) is 91.6 cm³/mol. The molecule has 2 atom stereocenters. The molecule has 3 aliphatic heterocycles. The summed E-state index contributed by atoms with van der Waals surface area (Å²) in [5.41, 5.74) is 2.26. The Morgan fingerprint density at radius 2 is 2.43 bits per heavy atom. The fraction of sp³-hybridized carbons (Fsp3) is 0.556. The van der Waals surface area contributed by atoms with Crippen molar-refractivity contribution in [2.75, 3.05) is 13.1 Å². The van der Waals surface area contributed by atoms with E-state index in [0.717, 1.165) is 36.6 Å². The molecule has 23 heavy (non-hydrogen) atoms. The maximum Gasteiger partial charge on any atom is 0.240 e. The van der Waals surface area contributed by atoms with Crippen LogP contribution in [0.5, 0.6) is 0 Å². The second-order valence-electron chi connectivity index (χ2n) is 6.52. The van der Waals surface area contributed by atoms with Gasteiger partial charge in [-0.25, -0.2) is 4.98 Å². The maximum atomic E-state index is 12.2. The van der Waals surface area contributed by atoms with Crippen molar-refractivity contribution in [1.82, 2.24) is 20.2 Å². The van der Waals surface area contributed by atoms with Crippen LogP contribution in [0, 0.1) is 0 Å². The summed E-state index contributed by atoms with van der Waals surface area (Å²) in [6.45, 7) is 6.52. The summed E-state index contributed by atoms with van der Waals surface area (Å²) in [7, 11) is 0. The first-order chi connectivity index (χ1) is 11.2. The Bertz CT molecular complexity index is 630. The largest absolute Gasteiger partial charge is 0.352 e. The van der Waals surface area contributed by atoms with Gasteiger partial charge in [-0.1, -0.05) is 6.92 Å². The van der Waals surface area contributed by atoms with Crippen LogP contribution in [0.1, 0.15) is 44.7 Å². The molecule has 0 saturated carbocycles. The van der Waals surface area contributed by atoms with Gasteiger partial charge in [-0.2, -0.15) is 0 Å². The zero-order valence-electron chi connectivity index (χ0n) is 14.0. The van der Waals surface area contributed by atoms with E-state index in [1.165, 1.54) is 12.8 Å². The molecule has 3 heterocycles. The highest BCUT2D eigenvalue weighted by Gasteiger charge is 2.21. The Kier molecular flexibility index (Phi) is 4.96. The molecule has 1 amide bonds. The number of hydrogen-bond acceptors (Lipinski definition) is 3. The third kappa shape index (κ3) is 3.72. The molecule has 1 fully saturated rings. The van der Waals surface area contributed by atoms with Crippen LogP contribution in [0.4, 0.5) is 0 Å². The molecular weight excluding hydrogens is 288 g/mol. The first-order valence-corrected chi connectivity index (χ1v) is 8.63. The van der Waals surface area contributed by atoms with Crippen LogP contribution < -0.4 is 10.6 Å². The number of nitrogens with zero attached hydrogens (tertiary/aromatic N) is 2. The van der Waals surface area contributed by atoms with E-state index in [-0.39, 0.29) is 11.9 Å². The third-order valence-electron chi connectivity index (χ3n) is 4.66. The van der Waals surface area contributed by atoms with Gasteiger partial charge in [0.2, 0.25) is 5.91 Å². The molecule has 1 saturated heterocycles. The third-order valence-corrected chi connectivity index (χ3v) is 4.66. The highest BCUT2D eigenvalue weighted by Crippen LogP contribution is 2.29. The van der Waals surface area contributed by atoms with Gasteiger partial charge >= 0.3 is 0 Å². The number of carbonyl (C=O) groups is 1. The van der Waals surface area contributed by atoms with Gasteiger partial charge in [0.05, 0.1) is 0 Å². The minimum atomic E-state index is 0.0423. The summed E-state index contributed by atoms with van der Waals surface area (Å²) in [5, 5.41) is 6.46. The number of piperidine rings is 1. The number of pyridine rings is 1. The van der Waals surface area contributed by atoms with E-state index < -0.39 is 0 Å². The Morgan fingerprint density at radius 3 is 3.17 bits per heavy atom. The highest BCUT2D eigenvalue weighted by molar-refractivity contribution is 5.77. The number of fused-ring (bicyclic) bond motifs is 1. The molecule has 0 aromatic rings. The van der Waals surface area contributed by atoms with Crippen LogP contribution in [0.3, 0.4) is 0 Å². The molecule has 0 aliphatic carbocycles. The topological polar surface area (TPSA) is 59.0 Å². The van der Waals surface area contributed by atoms with Crippen LogP contribution >= 0.6 is 0 Å². The summed E-state index contributed by atoms with van der Waals surface area (Å²) >= 11 is 0. The lowest BCUT2D eigenvalue weighted by Gasteiger charge is -2.20. The van der Waals surface area contributed by atoms with E-state index in [9.17, 15) is 4.79 Å². The van der Waals surface area contributed by atoms with Crippen LogP contribution in [0.25, 0.3) is 11.4 Å². The van der Waals surface area contributed by atoms with Crippen molar-refractivity contribution in [3.05, 3.63) is 30.1 Å². The lowest BCUT2D eigenvalue weighted by Crippen LogP contribution is -2.34. The lowest BCUT2D eigenvalue weighted by atomic mass is 9.96. The molecule has 3 rings (SSSR count). The van der Waals surface area contributed by atoms with Gasteiger partial charge in [-0.3, -0.25) is 4.79 Å². The number of amides is 1. The SMILES string of the molecule is CC[C@H](C)NC(=O)Cn1cccc2cc([C@@H]3CCCNC3)nc1-2. The van der Waals surface area contributed by atoms with Crippen LogP contribution in [0.2, 0.25) is 0 Å². The molecule has 0 radical (unpaired) electrons. The fourth-order valence-corrected chi connectivity index (χ4v) is 3.14. The molecule has 0 unspecified atom stereocenters. The molecule has 0 aromatic carbocycles. The van der Waals surface area contributed by atoms with E-state index in [4.69, 9.17) is 4.98 Å². The molecule has 124 valence electrons. The molecular formula is C18H26N4O. The molecule has 5 heteroatoms. The summed E-state index contributed by atoms with van der Waals surface area (Å²) in [4.78, 5) is 17.0. The minimum Gasteiger partial charge on any atom is -0.352 e. The summed E-state index contributed by atoms with van der Waals surface area (Å²) in [6.07, 6.45) is 5.26. The van der Waals surface area contributed by atoms with E-state index in [0.29, 0.717) is 12.5 Å². The number of hydrogen-bond donors (Lipinski definition) is 2. The standard InChI is InChI=1S/C18H26N4O/c1-3-13(2)20-17(23)12-22-9-5-7-14-10-16(21-18(14)22)15-6-4-8-19-11-15/h5,7,9-10,13,15,19H,3-4,6,8,11-12H2,1-2H3,(H,20,23)/t13-,15+/m0/s1. The van der Waals surface area contributed by atoms with Crippen LogP contribution in [-0.4, -0.2) is 34.6 Å². The van der Waals surface area contributed by atoms with E-state index in [2.05, 4.69) is 29.7 Å². The molecule has 0 spiro atoms. The second-order valence-corrected chi connectivity index (χ2v) is 6.52. The van der Waals surface area contributed by atoms with Crippen molar-refractivity contribution in [1.29, 1.82) is 0 Å². The number of rotatable bonds is 5. The van der Waals surface area contributed by atoms with E-state index in [1.807, 2.05) is 23.8 Å². The first-order valence-electron chi connectivity index (χ1n) is 8.63. The predicted octanol–water partition coefficient (Wildman–Crippen LogP) is 2.37. The molecule has 2 N–H and O–H groups in total. The zero-order valence-corrected chi connectivity index (χ0v) is 14.0. The fourth-order valence-electron chi connectivity index (χ4n) is 3.14. The van der Waals surface area contributed by atoms with E-state index >= 15 is 0 Å². The van der Waals surface area contributed by atoms with Crippen molar-refractivity contribution >= 4 is 5.91 Å². The molecule has 3 aliphatic rings. The van der Waals surface area contributed by atoms with Crippen LogP contribution in [-0.2, 0) is 11.3 Å². The van der Waals surface area contributed by atoms with Gasteiger partial charge in [0.1, 0.15) is 12.4 Å². The highest BCUT2D eigenvalue weighted by atomic mass is 16.2. The Balaban J connectivity index is 1.78. The van der Waals surface area contributed by atoms with Crippen molar-refractivity contribution in [2.24, 2.45) is 0 Å². The number of aromatic nitrogens is 2. The normalized spacial score (nSPS) is 19.7. The van der Waals surface area contributed by atoms with Gasteiger partial charge in [0, 0.05) is 36.0 Å². The summed E-state index contributed by atoms with van der Waals surface area (Å²) in [6, 6.07) is 6.45. The van der Waals surface area contributed by atoms with Crippen molar-refractivity contribution in [2.45, 2.75) is 51.6 Å². The average Bonchev–Trinajstić information content (AvgIpc) is 3.01. The zero-order chi connectivity index (χ0) is 16.2. The minimum absolute atomic E-state index is 0.0423. The first kappa shape index (κ1) is 16.0. The Morgan fingerprint density at radius 1 is 1.57 bits per heavy atom. The van der Waals surface area contributed by atoms with Gasteiger partial charge in [-0.05, 0) is 50.9 Å².